The Bertz CT molecular complexity index is 1340. The van der Waals surface area contributed by atoms with Gasteiger partial charge in [0.2, 0.25) is 0 Å². The molecular weight excluding hydrogens is 485 g/mol. The number of carboxylic acids is 1. The van der Waals surface area contributed by atoms with Crippen LogP contribution in [0.1, 0.15) is 43.0 Å². The number of aliphatic carboxylic acids is 1. The standard InChI is InChI=1S/C27H26FN3O2S.ClH/c1-17(15-24(32)33)29-14-11-18-7-8-20(21(28)16-18)25-30-22-9-10-23(31-26(22)34-25)27(12-13-27)19-5-3-2-4-6-19;/h2-10,16-17,29H,11-15H2,1H3,(H,32,33);1H. The van der Waals surface area contributed by atoms with E-state index in [0.717, 1.165) is 34.4 Å². The average molecular weight is 512 g/mol. The van der Waals surface area contributed by atoms with E-state index in [-0.39, 0.29) is 36.1 Å². The second kappa shape index (κ2) is 10.4. The number of carbonyl (C=O) groups is 1. The summed E-state index contributed by atoms with van der Waals surface area (Å²) in [4.78, 5) is 21.2. The number of thiazole rings is 1. The highest BCUT2D eigenvalue weighted by atomic mass is 35.5. The molecule has 2 aromatic heterocycles. The van der Waals surface area contributed by atoms with Gasteiger partial charge in [0.15, 0.2) is 0 Å². The molecule has 1 aliphatic rings. The molecule has 2 heterocycles. The summed E-state index contributed by atoms with van der Waals surface area (Å²) in [6.07, 6.45) is 2.85. The highest BCUT2D eigenvalue weighted by Gasteiger charge is 2.47. The van der Waals surface area contributed by atoms with Crippen LogP contribution in [0.15, 0.2) is 60.7 Å². The lowest BCUT2D eigenvalue weighted by Crippen LogP contribution is -2.30. The molecule has 35 heavy (non-hydrogen) atoms. The minimum atomic E-state index is -0.833. The molecule has 5 rings (SSSR count). The van der Waals surface area contributed by atoms with E-state index in [1.165, 1.54) is 16.9 Å². The van der Waals surface area contributed by atoms with E-state index in [9.17, 15) is 9.18 Å². The molecule has 0 saturated heterocycles. The average Bonchev–Trinajstić information content (AvgIpc) is 3.52. The van der Waals surface area contributed by atoms with Crippen LogP contribution >= 0.6 is 23.7 Å². The summed E-state index contributed by atoms with van der Waals surface area (Å²) in [6.45, 7) is 2.42. The molecule has 4 aromatic rings. The Labute approximate surface area is 213 Å². The summed E-state index contributed by atoms with van der Waals surface area (Å²) >= 11 is 1.42. The van der Waals surface area contributed by atoms with Gasteiger partial charge < -0.3 is 10.4 Å². The first kappa shape index (κ1) is 25.2. The number of nitrogens with zero attached hydrogens (tertiary/aromatic N) is 2. The number of aromatic nitrogens is 2. The SMILES string of the molecule is CC(CC(=O)O)NCCc1ccc(-c2nc3ccc(C4(c5ccccc5)CC4)nc3s2)c(F)c1.Cl. The summed E-state index contributed by atoms with van der Waals surface area (Å²) in [6, 6.07) is 19.6. The molecule has 0 bridgehead atoms. The van der Waals surface area contributed by atoms with Gasteiger partial charge >= 0.3 is 5.97 Å². The van der Waals surface area contributed by atoms with E-state index in [0.29, 0.717) is 23.5 Å². The number of nitrogens with one attached hydrogen (secondary N) is 1. The van der Waals surface area contributed by atoms with Gasteiger partial charge in [-0.2, -0.15) is 0 Å². The fraction of sp³-hybridized carbons (Fsp3) is 0.296. The smallest absolute Gasteiger partial charge is 0.304 e. The van der Waals surface area contributed by atoms with E-state index in [1.807, 2.05) is 25.1 Å². The van der Waals surface area contributed by atoms with Gasteiger partial charge in [-0.3, -0.25) is 4.79 Å². The Morgan fingerprint density at radius 1 is 1.14 bits per heavy atom. The molecule has 1 aliphatic carbocycles. The first-order valence-electron chi connectivity index (χ1n) is 11.5. The van der Waals surface area contributed by atoms with Crippen LogP contribution < -0.4 is 5.32 Å². The van der Waals surface area contributed by atoms with Crippen LogP contribution in [0.25, 0.3) is 20.9 Å². The van der Waals surface area contributed by atoms with Crippen LogP contribution in [0.3, 0.4) is 0 Å². The maximum atomic E-state index is 15.0. The maximum Gasteiger partial charge on any atom is 0.304 e. The molecule has 2 N–H and O–H groups in total. The van der Waals surface area contributed by atoms with Gasteiger partial charge in [-0.15, -0.1) is 12.4 Å². The van der Waals surface area contributed by atoms with Crippen molar-refractivity contribution in [1.29, 1.82) is 0 Å². The number of hydrogen-bond acceptors (Lipinski definition) is 5. The van der Waals surface area contributed by atoms with E-state index in [1.54, 1.807) is 12.1 Å². The van der Waals surface area contributed by atoms with Crippen LogP contribution in [0.5, 0.6) is 0 Å². The van der Waals surface area contributed by atoms with Crippen molar-refractivity contribution in [2.75, 3.05) is 6.54 Å². The number of rotatable bonds is 9. The Balaban J connectivity index is 0.00000289. The lowest BCUT2D eigenvalue weighted by Gasteiger charge is -2.14. The van der Waals surface area contributed by atoms with Gasteiger partial charge in [0.1, 0.15) is 21.2 Å². The Hall–Kier alpha value is -2.87. The molecule has 8 heteroatoms. The van der Waals surface area contributed by atoms with Crippen molar-refractivity contribution >= 4 is 40.1 Å². The summed E-state index contributed by atoms with van der Waals surface area (Å²) in [5.41, 5.74) is 4.46. The zero-order valence-electron chi connectivity index (χ0n) is 19.3. The first-order chi connectivity index (χ1) is 16.4. The Kier molecular flexibility index (Phi) is 7.50. The molecule has 5 nitrogen and oxygen atoms in total. The molecule has 1 unspecified atom stereocenters. The second-order valence-electron chi connectivity index (χ2n) is 9.01. The highest BCUT2D eigenvalue weighted by molar-refractivity contribution is 7.21. The van der Waals surface area contributed by atoms with Crippen molar-refractivity contribution in [2.24, 2.45) is 0 Å². The molecule has 0 spiro atoms. The Morgan fingerprint density at radius 3 is 2.60 bits per heavy atom. The monoisotopic (exact) mass is 511 g/mol. The van der Waals surface area contributed by atoms with E-state index in [4.69, 9.17) is 10.1 Å². The summed E-state index contributed by atoms with van der Waals surface area (Å²) in [7, 11) is 0. The molecule has 1 atom stereocenters. The van der Waals surface area contributed by atoms with E-state index < -0.39 is 5.97 Å². The molecule has 1 saturated carbocycles. The molecule has 2 aromatic carbocycles. The summed E-state index contributed by atoms with van der Waals surface area (Å²) in [5.74, 6) is -1.14. The van der Waals surface area contributed by atoms with Gasteiger partial charge in [-0.25, -0.2) is 14.4 Å². The fourth-order valence-electron chi connectivity index (χ4n) is 4.46. The predicted molar refractivity (Wildman–Crippen MR) is 140 cm³/mol. The predicted octanol–water partition coefficient (Wildman–Crippen LogP) is 5.99. The zero-order chi connectivity index (χ0) is 23.7. The van der Waals surface area contributed by atoms with Gasteiger partial charge in [0, 0.05) is 17.0 Å². The van der Waals surface area contributed by atoms with Crippen LogP contribution in [0, 0.1) is 5.82 Å². The quantitative estimate of drug-likeness (QED) is 0.288. The van der Waals surface area contributed by atoms with E-state index >= 15 is 0 Å². The maximum absolute atomic E-state index is 15.0. The molecule has 0 aliphatic heterocycles. The third-order valence-electron chi connectivity index (χ3n) is 6.47. The van der Waals surface area contributed by atoms with Crippen LogP contribution in [0.4, 0.5) is 4.39 Å². The third-order valence-corrected chi connectivity index (χ3v) is 7.47. The first-order valence-corrected chi connectivity index (χ1v) is 12.3. The van der Waals surface area contributed by atoms with Gasteiger partial charge in [-0.05, 0) is 68.1 Å². The molecule has 0 amide bonds. The van der Waals surface area contributed by atoms with Crippen molar-refractivity contribution in [3.63, 3.8) is 0 Å². The van der Waals surface area contributed by atoms with Crippen LogP contribution in [-0.4, -0.2) is 33.6 Å². The van der Waals surface area contributed by atoms with Crippen molar-refractivity contribution in [2.45, 2.75) is 44.1 Å². The fourth-order valence-corrected chi connectivity index (χ4v) is 5.42. The normalized spacial score (nSPS) is 14.9. The van der Waals surface area contributed by atoms with Crippen LogP contribution in [0.2, 0.25) is 0 Å². The summed E-state index contributed by atoms with van der Waals surface area (Å²) < 4.78 is 15.0. The lowest BCUT2D eigenvalue weighted by molar-refractivity contribution is -0.137. The van der Waals surface area contributed by atoms with Crippen molar-refractivity contribution in [3.8, 4) is 10.6 Å². The van der Waals surface area contributed by atoms with Gasteiger partial charge in [0.25, 0.3) is 0 Å². The van der Waals surface area contributed by atoms with Crippen molar-refractivity contribution in [1.82, 2.24) is 15.3 Å². The zero-order valence-corrected chi connectivity index (χ0v) is 21.0. The molecule has 0 radical (unpaired) electrons. The minimum absolute atomic E-state index is 0. The number of fused-ring (bicyclic) bond motifs is 1. The molecular formula is C27H27ClFN3O2S. The lowest BCUT2D eigenvalue weighted by atomic mass is 9.92. The summed E-state index contributed by atoms with van der Waals surface area (Å²) in [5, 5.41) is 12.6. The Morgan fingerprint density at radius 2 is 1.91 bits per heavy atom. The number of carboxylic acid groups (broad SMARTS) is 1. The second-order valence-corrected chi connectivity index (χ2v) is 9.98. The third kappa shape index (κ3) is 5.37. The van der Waals surface area contributed by atoms with Crippen molar-refractivity contribution < 1.29 is 14.3 Å². The molecule has 182 valence electrons. The minimum Gasteiger partial charge on any atom is -0.481 e. The topological polar surface area (TPSA) is 75.1 Å². The van der Waals surface area contributed by atoms with Crippen molar-refractivity contribution in [3.05, 3.63) is 83.3 Å². The number of hydrogen-bond donors (Lipinski definition) is 2. The van der Waals surface area contributed by atoms with E-state index in [2.05, 4.69) is 40.6 Å². The van der Waals surface area contributed by atoms with Gasteiger partial charge in [-0.1, -0.05) is 47.7 Å². The number of benzene rings is 2. The molecule has 1 fully saturated rings. The highest BCUT2D eigenvalue weighted by Crippen LogP contribution is 2.53. The van der Waals surface area contributed by atoms with Crippen LogP contribution in [-0.2, 0) is 16.6 Å². The largest absolute Gasteiger partial charge is 0.481 e. The van der Waals surface area contributed by atoms with Gasteiger partial charge in [0.05, 0.1) is 12.1 Å². The number of halogens is 2. The number of pyridine rings is 1.